The molecule has 0 aliphatic rings. The van der Waals surface area contributed by atoms with E-state index in [2.05, 4.69) is 4.98 Å². The van der Waals surface area contributed by atoms with E-state index in [1.165, 1.54) is 12.3 Å². The molecular weight excluding hydrogens is 338 g/mol. The summed E-state index contributed by atoms with van der Waals surface area (Å²) in [6.45, 7) is 6.83. The minimum atomic E-state index is -1.43. The normalized spacial score (nSPS) is 15.6. The van der Waals surface area contributed by atoms with E-state index in [-0.39, 0.29) is 16.4 Å². The second-order valence-corrected chi connectivity index (χ2v) is 6.14. The molecule has 1 aromatic heterocycles. The SMILES string of the molecule is CC(O)C[NH+](CC(C)O)CC(C)O.Nc1ccnc(C(=O)[O-])c1Cl. The molecular formula is C15H26ClN3O5. The molecule has 138 valence electrons. The highest BCUT2D eigenvalue weighted by Crippen LogP contribution is 2.19. The number of pyridine rings is 1. The molecule has 0 aliphatic heterocycles. The average Bonchev–Trinajstić information content (AvgIpc) is 2.39. The summed E-state index contributed by atoms with van der Waals surface area (Å²) < 4.78 is 0. The van der Waals surface area contributed by atoms with Gasteiger partial charge in [0.2, 0.25) is 0 Å². The molecule has 1 rings (SSSR count). The van der Waals surface area contributed by atoms with Crippen molar-refractivity contribution in [2.45, 2.75) is 39.1 Å². The predicted octanol–water partition coefficient (Wildman–Crippen LogP) is -2.31. The van der Waals surface area contributed by atoms with Gasteiger partial charge in [-0.1, -0.05) is 11.6 Å². The molecule has 0 saturated heterocycles. The van der Waals surface area contributed by atoms with Crippen LogP contribution in [-0.4, -0.2) is 64.2 Å². The number of carbonyl (C=O) groups is 1. The van der Waals surface area contributed by atoms with Crippen molar-refractivity contribution in [1.29, 1.82) is 0 Å². The number of quaternary nitrogens is 1. The summed E-state index contributed by atoms with van der Waals surface area (Å²) in [6, 6.07) is 1.41. The summed E-state index contributed by atoms with van der Waals surface area (Å²) in [5.41, 5.74) is 5.15. The first-order valence-electron chi connectivity index (χ1n) is 7.53. The summed E-state index contributed by atoms with van der Waals surface area (Å²) >= 11 is 5.48. The number of hydrogen-bond donors (Lipinski definition) is 5. The van der Waals surface area contributed by atoms with Gasteiger partial charge < -0.3 is 35.9 Å². The number of aliphatic hydroxyl groups excluding tert-OH is 3. The number of carbonyl (C=O) groups excluding carboxylic acids is 1. The van der Waals surface area contributed by atoms with Crippen LogP contribution in [0.5, 0.6) is 0 Å². The Bertz CT molecular complexity index is 488. The minimum absolute atomic E-state index is 0.0764. The topological polar surface area (TPSA) is 144 Å². The molecule has 3 unspecified atom stereocenters. The van der Waals surface area contributed by atoms with Gasteiger partial charge in [0.1, 0.15) is 43.6 Å². The third kappa shape index (κ3) is 9.64. The van der Waals surface area contributed by atoms with Crippen LogP contribution in [-0.2, 0) is 0 Å². The highest BCUT2D eigenvalue weighted by Gasteiger charge is 2.16. The zero-order chi connectivity index (χ0) is 18.9. The fourth-order valence-electron chi connectivity index (χ4n) is 2.10. The Kier molecular flexibility index (Phi) is 10.5. The lowest BCUT2D eigenvalue weighted by Crippen LogP contribution is -3.15. The van der Waals surface area contributed by atoms with E-state index in [1.807, 2.05) is 0 Å². The zero-order valence-electron chi connectivity index (χ0n) is 14.1. The molecule has 24 heavy (non-hydrogen) atoms. The molecule has 0 bridgehead atoms. The van der Waals surface area contributed by atoms with E-state index in [0.29, 0.717) is 19.6 Å². The van der Waals surface area contributed by atoms with Crippen LogP contribution in [0.2, 0.25) is 5.02 Å². The quantitative estimate of drug-likeness (QED) is 0.366. The van der Waals surface area contributed by atoms with Crippen LogP contribution in [0.1, 0.15) is 31.3 Å². The molecule has 3 atom stereocenters. The lowest BCUT2D eigenvalue weighted by molar-refractivity contribution is -0.908. The van der Waals surface area contributed by atoms with Crippen molar-refractivity contribution in [2.24, 2.45) is 0 Å². The Morgan fingerprint density at radius 3 is 1.92 bits per heavy atom. The summed E-state index contributed by atoms with van der Waals surface area (Å²) in [4.78, 5) is 14.8. The third-order valence-corrected chi connectivity index (χ3v) is 3.26. The molecule has 8 nitrogen and oxygen atoms in total. The van der Waals surface area contributed by atoms with Crippen molar-refractivity contribution in [3.8, 4) is 0 Å². The zero-order valence-corrected chi connectivity index (χ0v) is 14.8. The van der Waals surface area contributed by atoms with Gasteiger partial charge in [-0.25, -0.2) is 0 Å². The Morgan fingerprint density at radius 1 is 1.21 bits per heavy atom. The predicted molar refractivity (Wildman–Crippen MR) is 88.6 cm³/mol. The fraction of sp³-hybridized carbons (Fsp3) is 0.600. The van der Waals surface area contributed by atoms with Gasteiger partial charge in [0.05, 0.1) is 16.7 Å². The number of aromatic nitrogens is 1. The second-order valence-electron chi connectivity index (χ2n) is 5.76. The lowest BCUT2D eigenvalue weighted by atomic mass is 10.2. The lowest BCUT2D eigenvalue weighted by Gasteiger charge is -2.23. The fourth-order valence-corrected chi connectivity index (χ4v) is 2.29. The molecule has 0 spiro atoms. The number of carboxylic acid groups (broad SMARTS) is 1. The Morgan fingerprint density at radius 2 is 1.62 bits per heavy atom. The van der Waals surface area contributed by atoms with Crippen molar-refractivity contribution in [3.63, 3.8) is 0 Å². The van der Waals surface area contributed by atoms with Crippen LogP contribution in [0.25, 0.3) is 0 Å². The molecule has 0 saturated carbocycles. The highest BCUT2D eigenvalue weighted by atomic mass is 35.5. The van der Waals surface area contributed by atoms with Crippen LogP contribution < -0.4 is 15.7 Å². The summed E-state index contributed by atoms with van der Waals surface area (Å²) in [7, 11) is 0. The number of anilines is 1. The Balaban J connectivity index is 0.000000446. The summed E-state index contributed by atoms with van der Waals surface area (Å²) in [6.07, 6.45) is 0.0688. The molecule has 1 heterocycles. The molecule has 0 fully saturated rings. The van der Waals surface area contributed by atoms with Crippen LogP contribution in [0.4, 0.5) is 5.69 Å². The van der Waals surface area contributed by atoms with Crippen molar-refractivity contribution < 1.29 is 30.1 Å². The maximum Gasteiger partial charge on any atom is 0.106 e. The van der Waals surface area contributed by atoms with Gasteiger partial charge >= 0.3 is 0 Å². The minimum Gasteiger partial charge on any atom is -0.543 e. The van der Waals surface area contributed by atoms with Gasteiger partial charge in [-0.05, 0) is 26.8 Å². The molecule has 0 aliphatic carbocycles. The van der Waals surface area contributed by atoms with Gasteiger partial charge in [0.15, 0.2) is 0 Å². The van der Waals surface area contributed by atoms with Crippen LogP contribution >= 0.6 is 11.6 Å². The first-order valence-corrected chi connectivity index (χ1v) is 7.91. The largest absolute Gasteiger partial charge is 0.543 e. The molecule has 0 aromatic carbocycles. The van der Waals surface area contributed by atoms with Gasteiger partial charge in [-0.3, -0.25) is 4.98 Å². The molecule has 0 amide bonds. The van der Waals surface area contributed by atoms with E-state index in [9.17, 15) is 9.90 Å². The van der Waals surface area contributed by atoms with Crippen molar-refractivity contribution in [3.05, 3.63) is 23.0 Å². The van der Waals surface area contributed by atoms with Crippen LogP contribution in [0.15, 0.2) is 12.3 Å². The monoisotopic (exact) mass is 363 g/mol. The van der Waals surface area contributed by atoms with Crippen molar-refractivity contribution in [2.75, 3.05) is 25.4 Å². The number of carboxylic acids is 1. The highest BCUT2D eigenvalue weighted by molar-refractivity contribution is 6.35. The molecule has 0 radical (unpaired) electrons. The first kappa shape index (κ1) is 22.6. The Hall–Kier alpha value is -1.45. The van der Waals surface area contributed by atoms with Gasteiger partial charge in [-0.15, -0.1) is 0 Å². The number of aromatic carboxylic acids is 1. The number of halogens is 1. The number of nitrogens with two attached hydrogens (primary N) is 1. The Labute approximate surface area is 146 Å². The number of nitrogens with one attached hydrogen (secondary N) is 1. The van der Waals surface area contributed by atoms with E-state index in [0.717, 1.165) is 4.90 Å². The number of aliphatic hydroxyl groups is 3. The maximum atomic E-state index is 10.3. The molecule has 9 heteroatoms. The van der Waals surface area contributed by atoms with E-state index < -0.39 is 24.3 Å². The maximum absolute atomic E-state index is 10.3. The average molecular weight is 364 g/mol. The van der Waals surface area contributed by atoms with Crippen molar-refractivity contribution in [1.82, 2.24) is 4.98 Å². The smallest absolute Gasteiger partial charge is 0.106 e. The summed E-state index contributed by atoms with van der Waals surface area (Å²) in [5.74, 6) is -1.43. The standard InChI is InChI=1S/C9H21NO3.C6H5ClN2O2/c1-7(11)4-10(5-8(2)12)6-9(3)13;7-4-3(8)1-2-9-5(4)6(10)11/h7-9,11-13H,4-6H2,1-3H3;1-2H,(H2,8,9)(H,10,11). The number of nitrogen functional groups attached to an aromatic ring is 1. The van der Waals surface area contributed by atoms with Crippen LogP contribution in [0, 0.1) is 0 Å². The second kappa shape index (κ2) is 11.2. The van der Waals surface area contributed by atoms with Gasteiger partial charge in [-0.2, -0.15) is 0 Å². The van der Waals surface area contributed by atoms with Crippen molar-refractivity contribution >= 4 is 23.3 Å². The number of nitrogens with zero attached hydrogens (tertiary/aromatic N) is 1. The van der Waals surface area contributed by atoms with E-state index >= 15 is 0 Å². The van der Waals surface area contributed by atoms with Crippen LogP contribution in [0.3, 0.4) is 0 Å². The van der Waals surface area contributed by atoms with Gasteiger partial charge in [0.25, 0.3) is 0 Å². The third-order valence-electron chi connectivity index (χ3n) is 2.86. The number of rotatable bonds is 7. The first-order chi connectivity index (χ1) is 11.0. The van der Waals surface area contributed by atoms with E-state index in [1.54, 1.807) is 20.8 Å². The summed E-state index contributed by atoms with van der Waals surface area (Å²) in [5, 5.41) is 37.7. The van der Waals surface area contributed by atoms with Gasteiger partial charge in [0, 0.05) is 6.20 Å². The molecule has 6 N–H and O–H groups in total. The number of hydrogen-bond acceptors (Lipinski definition) is 7. The molecule has 1 aromatic rings. The van der Waals surface area contributed by atoms with E-state index in [4.69, 9.17) is 32.7 Å².